The Labute approximate surface area is 175 Å². The number of pyridine rings is 1. The smallest absolute Gasteiger partial charge is 0.355 e. The molecule has 0 N–H and O–H groups in total. The predicted octanol–water partition coefficient (Wildman–Crippen LogP) is 3.35. The number of hydrogen-bond acceptors (Lipinski definition) is 5. The highest BCUT2D eigenvalue weighted by Crippen LogP contribution is 2.30. The molecule has 0 unspecified atom stereocenters. The largest absolute Gasteiger partial charge is 0.416 e. The van der Waals surface area contributed by atoms with E-state index in [-0.39, 0.29) is 43.3 Å². The van der Waals surface area contributed by atoms with Gasteiger partial charge in [0, 0.05) is 55.8 Å². The van der Waals surface area contributed by atoms with Crippen LogP contribution in [0.15, 0.2) is 59.4 Å². The molecule has 1 aliphatic rings. The first-order chi connectivity index (χ1) is 14.8. The first-order valence-electron chi connectivity index (χ1n) is 9.46. The molecule has 0 bridgehead atoms. The summed E-state index contributed by atoms with van der Waals surface area (Å²) in [6.45, 7) is 0.883. The molecule has 0 saturated carbocycles. The van der Waals surface area contributed by atoms with E-state index >= 15 is 0 Å². The molecule has 1 fully saturated rings. The van der Waals surface area contributed by atoms with Gasteiger partial charge in [0.05, 0.1) is 5.56 Å². The molecule has 31 heavy (non-hydrogen) atoms. The third kappa shape index (κ3) is 4.42. The number of benzene rings is 1. The van der Waals surface area contributed by atoms with Crippen molar-refractivity contribution in [2.45, 2.75) is 6.18 Å². The molecule has 1 saturated heterocycles. The van der Waals surface area contributed by atoms with Crippen LogP contribution in [0.1, 0.15) is 26.4 Å². The average Bonchev–Trinajstić information content (AvgIpc) is 3.29. The van der Waals surface area contributed by atoms with Crippen molar-refractivity contribution in [3.8, 4) is 11.3 Å². The molecular formula is C21H17F3N4O3. The van der Waals surface area contributed by atoms with Crippen molar-refractivity contribution in [2.75, 3.05) is 26.2 Å². The fraction of sp³-hybridized carbons (Fsp3) is 0.238. The van der Waals surface area contributed by atoms with Gasteiger partial charge in [-0.2, -0.15) is 13.2 Å². The third-order valence-corrected chi connectivity index (χ3v) is 4.99. The molecule has 10 heteroatoms. The van der Waals surface area contributed by atoms with Gasteiger partial charge in [0.2, 0.25) is 0 Å². The van der Waals surface area contributed by atoms with Crippen molar-refractivity contribution in [3.63, 3.8) is 0 Å². The molecule has 1 aromatic carbocycles. The standard InChI is InChI=1S/C21H17F3N4O3/c22-21(23,24)16-3-1-2-15(12-16)19(29)27-8-10-28(11-9-27)20(30)17-13-18(31-26-17)14-4-6-25-7-5-14/h1-7,12-13H,8-11H2. The molecule has 0 aliphatic carbocycles. The van der Waals surface area contributed by atoms with Crippen LogP contribution in [0, 0.1) is 0 Å². The van der Waals surface area contributed by atoms with Gasteiger partial charge >= 0.3 is 6.18 Å². The number of piperazine rings is 1. The third-order valence-electron chi connectivity index (χ3n) is 4.99. The summed E-state index contributed by atoms with van der Waals surface area (Å²) in [5.41, 5.74) is -0.0289. The topological polar surface area (TPSA) is 79.5 Å². The zero-order valence-corrected chi connectivity index (χ0v) is 16.2. The van der Waals surface area contributed by atoms with Crippen molar-refractivity contribution in [1.82, 2.24) is 19.9 Å². The van der Waals surface area contributed by atoms with Crippen LogP contribution in [-0.4, -0.2) is 57.9 Å². The lowest BCUT2D eigenvalue weighted by Gasteiger charge is -2.34. The van der Waals surface area contributed by atoms with E-state index in [1.165, 1.54) is 28.0 Å². The van der Waals surface area contributed by atoms with Crippen molar-refractivity contribution >= 4 is 11.8 Å². The summed E-state index contributed by atoms with van der Waals surface area (Å²) in [5, 5.41) is 3.83. The van der Waals surface area contributed by atoms with Gasteiger partial charge in [-0.25, -0.2) is 0 Å². The number of hydrogen-bond donors (Lipinski definition) is 0. The second-order valence-electron chi connectivity index (χ2n) is 6.98. The first kappa shape index (κ1) is 20.6. The van der Waals surface area contributed by atoms with E-state index in [0.29, 0.717) is 5.76 Å². The van der Waals surface area contributed by atoms with E-state index in [0.717, 1.165) is 17.7 Å². The lowest BCUT2D eigenvalue weighted by molar-refractivity contribution is -0.137. The van der Waals surface area contributed by atoms with E-state index in [2.05, 4.69) is 10.1 Å². The SMILES string of the molecule is O=C(c1cccc(C(F)(F)F)c1)N1CCN(C(=O)c2cc(-c3ccncc3)on2)CC1. The molecule has 2 aromatic heterocycles. The van der Waals surface area contributed by atoms with Gasteiger partial charge in [-0.3, -0.25) is 14.6 Å². The number of halogens is 3. The Bertz CT molecular complexity index is 1090. The average molecular weight is 430 g/mol. The van der Waals surface area contributed by atoms with Gasteiger partial charge in [-0.15, -0.1) is 0 Å². The van der Waals surface area contributed by atoms with Crippen LogP contribution >= 0.6 is 0 Å². The highest BCUT2D eigenvalue weighted by atomic mass is 19.4. The molecular weight excluding hydrogens is 413 g/mol. The molecule has 0 radical (unpaired) electrons. The van der Waals surface area contributed by atoms with Crippen LogP contribution < -0.4 is 0 Å². The minimum Gasteiger partial charge on any atom is -0.355 e. The summed E-state index contributed by atoms with van der Waals surface area (Å²) < 4.78 is 43.9. The summed E-state index contributed by atoms with van der Waals surface area (Å²) in [5.74, 6) is -0.404. The van der Waals surface area contributed by atoms with Crippen LogP contribution in [0.3, 0.4) is 0 Å². The summed E-state index contributed by atoms with van der Waals surface area (Å²) >= 11 is 0. The van der Waals surface area contributed by atoms with Gasteiger partial charge in [-0.1, -0.05) is 11.2 Å². The summed E-state index contributed by atoms with van der Waals surface area (Å²) in [6.07, 6.45) is -1.33. The van der Waals surface area contributed by atoms with Crippen molar-refractivity contribution in [3.05, 3.63) is 71.7 Å². The second kappa shape index (κ2) is 8.21. The minimum atomic E-state index is -4.52. The Morgan fingerprint density at radius 2 is 1.55 bits per heavy atom. The lowest BCUT2D eigenvalue weighted by atomic mass is 10.1. The van der Waals surface area contributed by atoms with E-state index in [1.54, 1.807) is 24.5 Å². The maximum Gasteiger partial charge on any atom is 0.416 e. The van der Waals surface area contributed by atoms with Crippen LogP contribution in [0.2, 0.25) is 0 Å². The number of carbonyl (C=O) groups excluding carboxylic acids is 2. The van der Waals surface area contributed by atoms with Gasteiger partial charge < -0.3 is 14.3 Å². The zero-order chi connectivity index (χ0) is 22.0. The molecule has 1 aliphatic heterocycles. The number of nitrogens with zero attached hydrogens (tertiary/aromatic N) is 4. The molecule has 3 heterocycles. The van der Waals surface area contributed by atoms with Crippen molar-refractivity contribution < 1.29 is 27.3 Å². The van der Waals surface area contributed by atoms with Crippen LogP contribution in [-0.2, 0) is 6.18 Å². The van der Waals surface area contributed by atoms with E-state index in [9.17, 15) is 22.8 Å². The summed E-state index contributed by atoms with van der Waals surface area (Å²) in [6, 6.07) is 9.32. The lowest BCUT2D eigenvalue weighted by Crippen LogP contribution is -2.50. The number of rotatable bonds is 3. The van der Waals surface area contributed by atoms with Crippen molar-refractivity contribution in [2.24, 2.45) is 0 Å². The second-order valence-corrected chi connectivity index (χ2v) is 6.98. The van der Waals surface area contributed by atoms with Crippen LogP contribution in [0.4, 0.5) is 13.2 Å². The predicted molar refractivity (Wildman–Crippen MR) is 103 cm³/mol. The first-order valence-corrected chi connectivity index (χ1v) is 9.46. The highest BCUT2D eigenvalue weighted by molar-refractivity contribution is 5.95. The van der Waals surface area contributed by atoms with Crippen molar-refractivity contribution in [1.29, 1.82) is 0 Å². The molecule has 2 amide bonds. The Morgan fingerprint density at radius 1 is 0.903 bits per heavy atom. The summed E-state index contributed by atoms with van der Waals surface area (Å²) in [7, 11) is 0. The Morgan fingerprint density at radius 3 is 2.19 bits per heavy atom. The Kier molecular flexibility index (Phi) is 5.45. The maximum atomic E-state index is 12.9. The monoisotopic (exact) mass is 430 g/mol. The molecule has 160 valence electrons. The number of carbonyl (C=O) groups is 2. The molecule has 0 atom stereocenters. The highest BCUT2D eigenvalue weighted by Gasteiger charge is 2.32. The fourth-order valence-corrected chi connectivity index (χ4v) is 3.31. The van der Waals surface area contributed by atoms with E-state index in [1.807, 2.05) is 0 Å². The molecule has 3 aromatic rings. The van der Waals surface area contributed by atoms with Crippen LogP contribution in [0.25, 0.3) is 11.3 Å². The number of aromatic nitrogens is 2. The number of amides is 2. The summed E-state index contributed by atoms with van der Waals surface area (Å²) in [4.78, 5) is 32.2. The normalized spacial score (nSPS) is 14.5. The number of alkyl halides is 3. The van der Waals surface area contributed by atoms with Gasteiger partial charge in [-0.05, 0) is 30.3 Å². The quantitative estimate of drug-likeness (QED) is 0.637. The van der Waals surface area contributed by atoms with E-state index in [4.69, 9.17) is 4.52 Å². The molecule has 4 rings (SSSR count). The van der Waals surface area contributed by atoms with Gasteiger partial charge in [0.15, 0.2) is 11.5 Å². The molecule has 7 nitrogen and oxygen atoms in total. The zero-order valence-electron chi connectivity index (χ0n) is 16.2. The Hall–Kier alpha value is -3.69. The molecule has 0 spiro atoms. The van der Waals surface area contributed by atoms with Gasteiger partial charge in [0.1, 0.15) is 0 Å². The Balaban J connectivity index is 1.39. The maximum absolute atomic E-state index is 12.9. The van der Waals surface area contributed by atoms with Gasteiger partial charge in [0.25, 0.3) is 11.8 Å². The van der Waals surface area contributed by atoms with E-state index < -0.39 is 17.6 Å². The fourth-order valence-electron chi connectivity index (χ4n) is 3.31. The van der Waals surface area contributed by atoms with Crippen LogP contribution in [0.5, 0.6) is 0 Å². The minimum absolute atomic E-state index is 0.0342.